The summed E-state index contributed by atoms with van der Waals surface area (Å²) < 4.78 is 11.5. The molecular formula is C27H41N3O4. The Balaban J connectivity index is 1.23. The molecule has 0 aromatic rings. The Bertz CT molecular complexity index is 824. The first-order chi connectivity index (χ1) is 16.6. The van der Waals surface area contributed by atoms with Gasteiger partial charge in [-0.1, -0.05) is 39.0 Å². The minimum Gasteiger partial charge on any atom is -0.486 e. The van der Waals surface area contributed by atoms with E-state index in [2.05, 4.69) is 29.3 Å². The molecule has 7 nitrogen and oxygen atoms in total. The van der Waals surface area contributed by atoms with Gasteiger partial charge in [0.1, 0.15) is 24.8 Å². The number of nitrogens with zero attached hydrogens (tertiary/aromatic N) is 2. The maximum absolute atomic E-state index is 13.6. The van der Waals surface area contributed by atoms with Gasteiger partial charge in [-0.15, -0.1) is 0 Å². The van der Waals surface area contributed by atoms with Crippen LogP contribution in [0.4, 0.5) is 0 Å². The van der Waals surface area contributed by atoms with Gasteiger partial charge in [0.2, 0.25) is 11.8 Å². The molecule has 188 valence electrons. The molecule has 2 amide bonds. The molecular weight excluding hydrogens is 430 g/mol. The van der Waals surface area contributed by atoms with E-state index in [4.69, 9.17) is 9.47 Å². The predicted octanol–water partition coefficient (Wildman–Crippen LogP) is 3.36. The average Bonchev–Trinajstić information content (AvgIpc) is 3.37. The third-order valence-corrected chi connectivity index (χ3v) is 8.60. The van der Waals surface area contributed by atoms with Crippen molar-refractivity contribution < 1.29 is 19.1 Å². The SMILES string of the molecule is CCCCN1C(=O)C(CC2CCCC2)NC(=O)C12CCN(CC1C=C3OCCOC3=CC1)CC2. The normalized spacial score (nSPS) is 29.7. The second kappa shape index (κ2) is 10.3. The molecule has 3 heterocycles. The quantitative estimate of drug-likeness (QED) is 0.617. The van der Waals surface area contributed by atoms with E-state index >= 15 is 0 Å². The van der Waals surface area contributed by atoms with Gasteiger partial charge in [0, 0.05) is 26.2 Å². The van der Waals surface area contributed by atoms with E-state index in [9.17, 15) is 9.59 Å². The zero-order chi connectivity index (χ0) is 23.5. The van der Waals surface area contributed by atoms with Crippen molar-refractivity contribution in [2.45, 2.75) is 82.7 Å². The number of rotatable bonds is 7. The third kappa shape index (κ3) is 4.73. The summed E-state index contributed by atoms with van der Waals surface area (Å²) in [7, 11) is 0. The van der Waals surface area contributed by atoms with Crippen molar-refractivity contribution in [1.82, 2.24) is 15.1 Å². The monoisotopic (exact) mass is 471 g/mol. The van der Waals surface area contributed by atoms with Crippen molar-refractivity contribution in [3.8, 4) is 0 Å². The highest BCUT2D eigenvalue weighted by Crippen LogP contribution is 2.37. The number of piperidine rings is 1. The van der Waals surface area contributed by atoms with E-state index in [0.717, 1.165) is 56.8 Å². The van der Waals surface area contributed by atoms with Crippen LogP contribution in [0, 0.1) is 11.8 Å². The van der Waals surface area contributed by atoms with Crippen LogP contribution in [0.2, 0.25) is 0 Å². The number of nitrogens with one attached hydrogen (secondary N) is 1. The van der Waals surface area contributed by atoms with Gasteiger partial charge in [0.25, 0.3) is 0 Å². The van der Waals surface area contributed by atoms with E-state index in [-0.39, 0.29) is 17.9 Å². The number of hydrogen-bond acceptors (Lipinski definition) is 5. The first-order valence-corrected chi connectivity index (χ1v) is 13.6. The molecule has 0 aromatic carbocycles. The van der Waals surface area contributed by atoms with Gasteiger partial charge < -0.3 is 24.6 Å². The second-order valence-electron chi connectivity index (χ2n) is 10.9. The third-order valence-electron chi connectivity index (χ3n) is 8.60. The lowest BCUT2D eigenvalue weighted by molar-refractivity contribution is -0.161. The highest BCUT2D eigenvalue weighted by atomic mass is 16.6. The number of piperazine rings is 1. The molecule has 3 saturated heterocycles. The highest BCUT2D eigenvalue weighted by Gasteiger charge is 2.53. The van der Waals surface area contributed by atoms with Crippen molar-refractivity contribution in [1.29, 1.82) is 0 Å². The molecule has 1 spiro atoms. The molecule has 5 aliphatic rings. The number of hydrogen-bond donors (Lipinski definition) is 1. The van der Waals surface area contributed by atoms with Crippen LogP contribution >= 0.6 is 0 Å². The number of likely N-dealkylation sites (tertiary alicyclic amines) is 1. The van der Waals surface area contributed by atoms with E-state index in [0.29, 0.717) is 44.4 Å². The predicted molar refractivity (Wildman–Crippen MR) is 130 cm³/mol. The highest BCUT2D eigenvalue weighted by molar-refractivity contribution is 6.00. The molecule has 4 fully saturated rings. The van der Waals surface area contributed by atoms with Crippen LogP contribution in [0.3, 0.4) is 0 Å². The Hall–Kier alpha value is -2.02. The molecule has 2 aliphatic carbocycles. The fourth-order valence-electron chi connectivity index (χ4n) is 6.59. The first kappa shape index (κ1) is 23.7. The summed E-state index contributed by atoms with van der Waals surface area (Å²) in [6, 6.07) is -0.330. The molecule has 1 saturated carbocycles. The van der Waals surface area contributed by atoms with E-state index < -0.39 is 5.54 Å². The number of fused-ring (bicyclic) bond motifs is 1. The Morgan fingerprint density at radius 1 is 1.09 bits per heavy atom. The van der Waals surface area contributed by atoms with Gasteiger partial charge >= 0.3 is 0 Å². The summed E-state index contributed by atoms with van der Waals surface area (Å²) in [6.07, 6.45) is 14.4. The smallest absolute Gasteiger partial charge is 0.246 e. The number of allylic oxidation sites excluding steroid dienone is 1. The average molecular weight is 472 g/mol. The standard InChI is InChI=1S/C27H41N3O4/c1-2-3-12-30-25(31)22(17-20-6-4-5-7-20)28-26(32)27(30)10-13-29(14-11-27)19-21-8-9-23-24(18-21)34-16-15-33-23/h9,18,20-22H,2-8,10-17,19H2,1H3,(H,28,32). The molecule has 0 bridgehead atoms. The van der Waals surface area contributed by atoms with Crippen LogP contribution < -0.4 is 5.32 Å². The number of carbonyl (C=O) groups excluding carboxylic acids is 2. The summed E-state index contributed by atoms with van der Waals surface area (Å²) >= 11 is 0. The van der Waals surface area contributed by atoms with Gasteiger partial charge in [-0.2, -0.15) is 0 Å². The first-order valence-electron chi connectivity index (χ1n) is 13.6. The van der Waals surface area contributed by atoms with Crippen molar-refractivity contribution in [2.75, 3.05) is 39.4 Å². The van der Waals surface area contributed by atoms with Gasteiger partial charge in [-0.3, -0.25) is 9.59 Å². The van der Waals surface area contributed by atoms with E-state index in [1.165, 1.54) is 25.7 Å². The molecule has 2 atom stereocenters. The minimum atomic E-state index is -0.673. The van der Waals surface area contributed by atoms with Crippen LogP contribution in [-0.2, 0) is 19.1 Å². The molecule has 1 N–H and O–H groups in total. The van der Waals surface area contributed by atoms with Gasteiger partial charge in [-0.05, 0) is 56.1 Å². The largest absolute Gasteiger partial charge is 0.486 e. The van der Waals surface area contributed by atoms with Crippen molar-refractivity contribution >= 4 is 11.8 Å². The van der Waals surface area contributed by atoms with Gasteiger partial charge in [0.05, 0.1) is 0 Å². The topological polar surface area (TPSA) is 71.1 Å². The zero-order valence-electron chi connectivity index (χ0n) is 20.7. The van der Waals surface area contributed by atoms with E-state index in [1.807, 2.05) is 4.90 Å². The minimum absolute atomic E-state index is 0.0889. The summed E-state index contributed by atoms with van der Waals surface area (Å²) in [5.41, 5.74) is -0.673. The molecule has 0 radical (unpaired) electrons. The number of unbranched alkanes of at least 4 members (excludes halogenated alkanes) is 1. The summed E-state index contributed by atoms with van der Waals surface area (Å²) in [5.74, 6) is 2.99. The summed E-state index contributed by atoms with van der Waals surface area (Å²) in [6.45, 7) is 6.71. The number of amides is 2. The molecule has 5 rings (SSSR count). The molecule has 2 unspecified atom stereocenters. The maximum atomic E-state index is 13.6. The Morgan fingerprint density at radius 2 is 1.82 bits per heavy atom. The maximum Gasteiger partial charge on any atom is 0.246 e. The van der Waals surface area contributed by atoms with E-state index in [1.54, 1.807) is 0 Å². The van der Waals surface area contributed by atoms with Crippen LogP contribution in [-0.4, -0.2) is 72.6 Å². The lowest BCUT2D eigenvalue weighted by atomic mass is 9.80. The van der Waals surface area contributed by atoms with Gasteiger partial charge in [-0.25, -0.2) is 0 Å². The molecule has 7 heteroatoms. The van der Waals surface area contributed by atoms with Crippen LogP contribution in [0.1, 0.15) is 71.1 Å². The molecule has 34 heavy (non-hydrogen) atoms. The lowest BCUT2D eigenvalue weighted by Gasteiger charge is -2.52. The Labute approximate surface area is 203 Å². The van der Waals surface area contributed by atoms with Crippen molar-refractivity contribution in [3.05, 3.63) is 23.7 Å². The fourth-order valence-corrected chi connectivity index (χ4v) is 6.59. The second-order valence-corrected chi connectivity index (χ2v) is 10.9. The van der Waals surface area contributed by atoms with Crippen molar-refractivity contribution in [2.24, 2.45) is 11.8 Å². The molecule has 0 aromatic heterocycles. The lowest BCUT2D eigenvalue weighted by Crippen LogP contribution is -2.73. The van der Waals surface area contributed by atoms with Gasteiger partial charge in [0.15, 0.2) is 11.5 Å². The number of carbonyl (C=O) groups is 2. The Morgan fingerprint density at radius 3 is 2.56 bits per heavy atom. The van der Waals surface area contributed by atoms with Crippen LogP contribution in [0.5, 0.6) is 0 Å². The zero-order valence-corrected chi connectivity index (χ0v) is 20.7. The van der Waals surface area contributed by atoms with Crippen LogP contribution in [0.25, 0.3) is 0 Å². The van der Waals surface area contributed by atoms with Crippen LogP contribution in [0.15, 0.2) is 23.7 Å². The number of ether oxygens (including phenoxy) is 2. The molecule has 3 aliphatic heterocycles. The fraction of sp³-hybridized carbons (Fsp3) is 0.778. The van der Waals surface area contributed by atoms with Crippen molar-refractivity contribution in [3.63, 3.8) is 0 Å². The Kier molecular flexibility index (Phi) is 7.19. The summed E-state index contributed by atoms with van der Waals surface area (Å²) in [4.78, 5) is 31.6. The summed E-state index contributed by atoms with van der Waals surface area (Å²) in [5, 5.41) is 3.19.